The summed E-state index contributed by atoms with van der Waals surface area (Å²) < 4.78 is 7.25. The normalized spacial score (nSPS) is 10.6. The van der Waals surface area contributed by atoms with Crippen LogP contribution in [0.2, 0.25) is 0 Å². The van der Waals surface area contributed by atoms with Crippen LogP contribution in [0.4, 0.5) is 5.69 Å². The van der Waals surface area contributed by atoms with Crippen molar-refractivity contribution in [3.8, 4) is 5.75 Å². The summed E-state index contributed by atoms with van der Waals surface area (Å²) in [7, 11) is 3.58. The highest BCUT2D eigenvalue weighted by atomic mass is 16.5. The van der Waals surface area contributed by atoms with Gasteiger partial charge in [0.1, 0.15) is 11.6 Å². The first-order chi connectivity index (χ1) is 13.0. The number of anilines is 1. The van der Waals surface area contributed by atoms with E-state index in [1.165, 1.54) is 6.92 Å². The van der Waals surface area contributed by atoms with Crippen molar-refractivity contribution >= 4 is 28.5 Å². The van der Waals surface area contributed by atoms with Gasteiger partial charge in [0.2, 0.25) is 5.91 Å². The Labute approximate surface area is 157 Å². The monoisotopic (exact) mass is 366 g/mol. The quantitative estimate of drug-likeness (QED) is 0.702. The van der Waals surface area contributed by atoms with E-state index in [1.807, 2.05) is 29.8 Å². The van der Waals surface area contributed by atoms with Gasteiger partial charge in [0, 0.05) is 44.3 Å². The molecule has 140 valence electrons. The lowest BCUT2D eigenvalue weighted by atomic mass is 10.2. The summed E-state index contributed by atoms with van der Waals surface area (Å²) in [5.41, 5.74) is 2.97. The Morgan fingerprint density at radius 3 is 2.74 bits per heavy atom. The molecule has 1 heterocycles. The van der Waals surface area contributed by atoms with E-state index >= 15 is 0 Å². The van der Waals surface area contributed by atoms with Crippen molar-refractivity contribution in [1.29, 1.82) is 0 Å². The van der Waals surface area contributed by atoms with E-state index in [2.05, 4.69) is 15.6 Å². The SMILES string of the molecule is COc1ccc2c(c1)nc(CCNC(=O)c1cccc(NC(C)=O)c1)n2C. The maximum absolute atomic E-state index is 12.3. The van der Waals surface area contributed by atoms with E-state index in [0.717, 1.165) is 22.6 Å². The van der Waals surface area contributed by atoms with Crippen molar-refractivity contribution < 1.29 is 14.3 Å². The lowest BCUT2D eigenvalue weighted by Crippen LogP contribution is -2.26. The molecule has 0 radical (unpaired) electrons. The Bertz CT molecular complexity index is 994. The van der Waals surface area contributed by atoms with Crippen LogP contribution in [0.1, 0.15) is 23.1 Å². The van der Waals surface area contributed by atoms with Crippen LogP contribution in [0.15, 0.2) is 42.5 Å². The van der Waals surface area contributed by atoms with Gasteiger partial charge in [-0.05, 0) is 30.3 Å². The molecule has 3 aromatic rings. The smallest absolute Gasteiger partial charge is 0.251 e. The summed E-state index contributed by atoms with van der Waals surface area (Å²) in [6.07, 6.45) is 0.602. The lowest BCUT2D eigenvalue weighted by Gasteiger charge is -2.07. The van der Waals surface area contributed by atoms with Gasteiger partial charge in [0.15, 0.2) is 0 Å². The van der Waals surface area contributed by atoms with Crippen molar-refractivity contribution in [2.45, 2.75) is 13.3 Å². The fourth-order valence-corrected chi connectivity index (χ4v) is 2.91. The third-order valence-corrected chi connectivity index (χ3v) is 4.26. The van der Waals surface area contributed by atoms with Crippen LogP contribution < -0.4 is 15.4 Å². The van der Waals surface area contributed by atoms with Gasteiger partial charge in [0.25, 0.3) is 5.91 Å². The zero-order chi connectivity index (χ0) is 19.4. The summed E-state index contributed by atoms with van der Waals surface area (Å²) in [6, 6.07) is 12.6. The highest BCUT2D eigenvalue weighted by molar-refractivity contribution is 5.96. The second kappa shape index (κ2) is 7.90. The molecule has 2 N–H and O–H groups in total. The summed E-state index contributed by atoms with van der Waals surface area (Å²) in [6.45, 7) is 1.89. The maximum atomic E-state index is 12.3. The highest BCUT2D eigenvalue weighted by Crippen LogP contribution is 2.21. The number of aryl methyl sites for hydroxylation is 1. The Kier molecular flexibility index (Phi) is 5.40. The number of aromatic nitrogens is 2. The van der Waals surface area contributed by atoms with Crippen molar-refractivity contribution in [2.75, 3.05) is 19.0 Å². The molecular formula is C20H22N4O3. The summed E-state index contributed by atoms with van der Waals surface area (Å²) >= 11 is 0. The molecule has 0 spiro atoms. The largest absolute Gasteiger partial charge is 0.497 e. The van der Waals surface area contributed by atoms with Gasteiger partial charge < -0.3 is 19.9 Å². The fraction of sp³-hybridized carbons (Fsp3) is 0.250. The number of carbonyl (C=O) groups is 2. The average molecular weight is 366 g/mol. The number of carbonyl (C=O) groups excluding carboxylic acids is 2. The van der Waals surface area contributed by atoms with E-state index in [0.29, 0.717) is 24.2 Å². The number of hydrogen-bond donors (Lipinski definition) is 2. The highest BCUT2D eigenvalue weighted by Gasteiger charge is 2.10. The number of methoxy groups -OCH3 is 1. The number of imidazole rings is 1. The van der Waals surface area contributed by atoms with Crippen LogP contribution >= 0.6 is 0 Å². The Morgan fingerprint density at radius 2 is 2.00 bits per heavy atom. The minimum absolute atomic E-state index is 0.175. The first-order valence-corrected chi connectivity index (χ1v) is 8.63. The molecule has 3 rings (SSSR count). The predicted molar refractivity (Wildman–Crippen MR) is 104 cm³/mol. The second-order valence-electron chi connectivity index (χ2n) is 6.21. The number of benzene rings is 2. The number of ether oxygens (including phenoxy) is 1. The third-order valence-electron chi connectivity index (χ3n) is 4.26. The molecule has 0 atom stereocenters. The van der Waals surface area contributed by atoms with Crippen LogP contribution in [0.25, 0.3) is 11.0 Å². The minimum atomic E-state index is -0.192. The number of rotatable bonds is 6. The Morgan fingerprint density at radius 1 is 1.19 bits per heavy atom. The van der Waals surface area contributed by atoms with Gasteiger partial charge >= 0.3 is 0 Å². The van der Waals surface area contributed by atoms with E-state index in [-0.39, 0.29) is 11.8 Å². The molecule has 0 bridgehead atoms. The van der Waals surface area contributed by atoms with Crippen LogP contribution in [-0.2, 0) is 18.3 Å². The molecule has 7 nitrogen and oxygen atoms in total. The fourth-order valence-electron chi connectivity index (χ4n) is 2.91. The molecule has 2 aromatic carbocycles. The molecule has 0 saturated heterocycles. The summed E-state index contributed by atoms with van der Waals surface area (Å²) in [5.74, 6) is 1.28. The molecule has 0 aliphatic rings. The van der Waals surface area contributed by atoms with Gasteiger partial charge in [0.05, 0.1) is 18.1 Å². The van der Waals surface area contributed by atoms with Crippen LogP contribution in [0.3, 0.4) is 0 Å². The molecule has 1 aromatic heterocycles. The molecule has 0 saturated carbocycles. The minimum Gasteiger partial charge on any atom is -0.497 e. The number of nitrogens with zero attached hydrogens (tertiary/aromatic N) is 2. The lowest BCUT2D eigenvalue weighted by molar-refractivity contribution is -0.114. The molecule has 2 amide bonds. The molecule has 0 fully saturated rings. The summed E-state index contributed by atoms with van der Waals surface area (Å²) in [4.78, 5) is 28.1. The first-order valence-electron chi connectivity index (χ1n) is 8.63. The molecule has 0 aliphatic heterocycles. The topological polar surface area (TPSA) is 85.2 Å². The molecule has 0 unspecified atom stereocenters. The van der Waals surface area contributed by atoms with E-state index in [9.17, 15) is 9.59 Å². The molecule has 7 heteroatoms. The van der Waals surface area contributed by atoms with Crippen LogP contribution in [0.5, 0.6) is 5.75 Å². The third kappa shape index (κ3) is 4.25. The van der Waals surface area contributed by atoms with Crippen molar-refractivity contribution in [3.63, 3.8) is 0 Å². The predicted octanol–water partition coefficient (Wildman–Crippen LogP) is 2.51. The molecular weight excluding hydrogens is 344 g/mol. The average Bonchev–Trinajstić information content (AvgIpc) is 2.96. The molecule has 0 aliphatic carbocycles. The van der Waals surface area contributed by atoms with E-state index in [4.69, 9.17) is 4.74 Å². The first kappa shape index (κ1) is 18.4. The van der Waals surface area contributed by atoms with Crippen molar-refractivity contribution in [3.05, 3.63) is 53.9 Å². The van der Waals surface area contributed by atoms with Gasteiger partial charge in [-0.3, -0.25) is 9.59 Å². The van der Waals surface area contributed by atoms with Gasteiger partial charge in [-0.15, -0.1) is 0 Å². The number of fused-ring (bicyclic) bond motifs is 1. The van der Waals surface area contributed by atoms with Crippen LogP contribution in [-0.4, -0.2) is 35.0 Å². The van der Waals surface area contributed by atoms with Crippen LogP contribution in [0, 0.1) is 0 Å². The van der Waals surface area contributed by atoms with E-state index < -0.39 is 0 Å². The Hall–Kier alpha value is -3.35. The van der Waals surface area contributed by atoms with Gasteiger partial charge in [-0.25, -0.2) is 4.98 Å². The van der Waals surface area contributed by atoms with Gasteiger partial charge in [-0.1, -0.05) is 6.07 Å². The molecule has 27 heavy (non-hydrogen) atoms. The van der Waals surface area contributed by atoms with Crippen molar-refractivity contribution in [2.24, 2.45) is 7.05 Å². The van der Waals surface area contributed by atoms with Gasteiger partial charge in [-0.2, -0.15) is 0 Å². The summed E-state index contributed by atoms with van der Waals surface area (Å²) in [5, 5.41) is 5.56. The standard InChI is InChI=1S/C20H22N4O3/c1-13(25)22-15-6-4-5-14(11-15)20(26)21-10-9-19-23-17-12-16(27-3)7-8-18(17)24(19)2/h4-8,11-12H,9-10H2,1-3H3,(H,21,26)(H,22,25). The zero-order valence-electron chi connectivity index (χ0n) is 15.6. The van der Waals surface area contributed by atoms with E-state index in [1.54, 1.807) is 31.4 Å². The second-order valence-corrected chi connectivity index (χ2v) is 6.21. The Balaban J connectivity index is 1.64. The zero-order valence-corrected chi connectivity index (χ0v) is 15.6. The van der Waals surface area contributed by atoms with Crippen molar-refractivity contribution in [1.82, 2.24) is 14.9 Å². The number of hydrogen-bond acceptors (Lipinski definition) is 4. The number of amides is 2. The number of nitrogens with one attached hydrogen (secondary N) is 2. The maximum Gasteiger partial charge on any atom is 0.251 e.